The van der Waals surface area contributed by atoms with Gasteiger partial charge in [0.05, 0.1) is 0 Å². The Labute approximate surface area is 296 Å². The van der Waals surface area contributed by atoms with Gasteiger partial charge in [0, 0.05) is 77.6 Å². The first-order chi connectivity index (χ1) is 24.7. The Morgan fingerprint density at radius 3 is 1.18 bits per heavy atom. The minimum Gasteiger partial charge on any atom is -0.310 e. The van der Waals surface area contributed by atoms with Crippen LogP contribution in [-0.4, -0.2) is 54.6 Å². The Kier molecular flexibility index (Phi) is 8.84. The fraction of sp³-hybridized carbons (Fsp3) is 0.356. The fourth-order valence-electron chi connectivity index (χ4n) is 10.5. The van der Waals surface area contributed by atoms with E-state index in [0.29, 0.717) is 18.0 Å². The van der Waals surface area contributed by atoms with E-state index in [9.17, 15) is 4.79 Å². The van der Waals surface area contributed by atoms with E-state index in [2.05, 4.69) is 161 Å². The van der Waals surface area contributed by atoms with Gasteiger partial charge < -0.3 is 21.3 Å². The molecule has 0 saturated carbocycles. The zero-order valence-corrected chi connectivity index (χ0v) is 28.5. The number of benzene rings is 4. The van der Waals surface area contributed by atoms with E-state index in [1.54, 1.807) is 0 Å². The first-order valence-electron chi connectivity index (χ1n) is 18.8. The van der Waals surface area contributed by atoms with Gasteiger partial charge in [0.25, 0.3) is 0 Å². The molecule has 50 heavy (non-hydrogen) atoms. The van der Waals surface area contributed by atoms with E-state index in [-0.39, 0.29) is 54.0 Å². The van der Waals surface area contributed by atoms with E-state index in [1.807, 2.05) is 0 Å². The molecule has 0 amide bonds. The molecule has 5 heteroatoms. The van der Waals surface area contributed by atoms with Crippen LogP contribution in [0.2, 0.25) is 0 Å². The van der Waals surface area contributed by atoms with Crippen LogP contribution in [0.25, 0.3) is 0 Å². The van der Waals surface area contributed by atoms with Gasteiger partial charge in [0.2, 0.25) is 0 Å². The van der Waals surface area contributed by atoms with Gasteiger partial charge in [-0.1, -0.05) is 140 Å². The molecular formula is C45H48N4O. The van der Waals surface area contributed by atoms with Gasteiger partial charge in [0.15, 0.2) is 0 Å². The molecule has 8 bridgehead atoms. The Bertz CT molecular complexity index is 1810. The lowest BCUT2D eigenvalue weighted by molar-refractivity contribution is -0.105. The number of carbonyl (C=O) groups excluding carboxylic acids is 1. The summed E-state index contributed by atoms with van der Waals surface area (Å²) in [6.07, 6.45) is 12.7. The van der Waals surface area contributed by atoms with Crippen molar-refractivity contribution in [3.8, 4) is 0 Å². The summed E-state index contributed by atoms with van der Waals surface area (Å²) in [7, 11) is 0. The quantitative estimate of drug-likeness (QED) is 0.141. The number of fused-ring (bicyclic) bond motifs is 8. The second kappa shape index (κ2) is 13.9. The van der Waals surface area contributed by atoms with Crippen LogP contribution in [0.5, 0.6) is 0 Å². The van der Waals surface area contributed by atoms with Crippen molar-refractivity contribution < 1.29 is 4.79 Å². The average Bonchev–Trinajstić information content (AvgIpc) is 4.00. The molecule has 12 atom stereocenters. The molecule has 5 heterocycles. The molecule has 5 nitrogen and oxygen atoms in total. The number of aldehydes is 1. The van der Waals surface area contributed by atoms with E-state index in [0.717, 1.165) is 37.5 Å². The second-order valence-corrected chi connectivity index (χ2v) is 15.2. The summed E-state index contributed by atoms with van der Waals surface area (Å²) < 4.78 is 0. The monoisotopic (exact) mass is 660 g/mol. The number of hydrogen-bond acceptors (Lipinski definition) is 5. The van der Waals surface area contributed by atoms with Crippen molar-refractivity contribution in [2.75, 3.05) is 0 Å². The predicted molar refractivity (Wildman–Crippen MR) is 201 cm³/mol. The topological polar surface area (TPSA) is 65.2 Å². The smallest absolute Gasteiger partial charge is 0.147 e. The van der Waals surface area contributed by atoms with Crippen LogP contribution in [0.15, 0.2) is 145 Å². The third kappa shape index (κ3) is 5.90. The van der Waals surface area contributed by atoms with Gasteiger partial charge in [-0.05, 0) is 47.9 Å². The lowest BCUT2D eigenvalue weighted by Crippen LogP contribution is -2.52. The summed E-state index contributed by atoms with van der Waals surface area (Å²) in [6, 6.07) is 45.7. The van der Waals surface area contributed by atoms with Crippen LogP contribution in [0.3, 0.4) is 0 Å². The van der Waals surface area contributed by atoms with Crippen LogP contribution in [0.4, 0.5) is 0 Å². The van der Waals surface area contributed by atoms with Crippen LogP contribution >= 0.6 is 0 Å². The Morgan fingerprint density at radius 1 is 0.420 bits per heavy atom. The zero-order chi connectivity index (χ0) is 33.4. The SMILES string of the molecule is O=CC1=CC2NC1C(c1ccccc1)C1CCC(N1)C(c1ccccc1)C1C=CC(N1)C(c1ccccc1)C1CCC(N1)C2c1ccccc1. The van der Waals surface area contributed by atoms with Gasteiger partial charge in [0.1, 0.15) is 6.29 Å². The molecule has 0 radical (unpaired) electrons. The highest BCUT2D eigenvalue weighted by Gasteiger charge is 2.48. The Morgan fingerprint density at radius 2 is 0.780 bits per heavy atom. The largest absolute Gasteiger partial charge is 0.310 e. The van der Waals surface area contributed by atoms with E-state index >= 15 is 0 Å². The molecule has 4 aromatic rings. The van der Waals surface area contributed by atoms with Gasteiger partial charge in [-0.2, -0.15) is 0 Å². The summed E-state index contributed by atoms with van der Waals surface area (Å²) in [6.45, 7) is 0. The maximum atomic E-state index is 13.0. The third-order valence-electron chi connectivity index (χ3n) is 12.6. The zero-order valence-electron chi connectivity index (χ0n) is 28.5. The third-order valence-corrected chi connectivity index (χ3v) is 12.6. The summed E-state index contributed by atoms with van der Waals surface area (Å²) in [5.74, 6) is 0.879. The molecule has 4 aromatic carbocycles. The van der Waals surface area contributed by atoms with Gasteiger partial charge >= 0.3 is 0 Å². The Balaban J connectivity index is 1.17. The van der Waals surface area contributed by atoms with Crippen LogP contribution in [-0.2, 0) is 4.79 Å². The standard InChI is InChI=1S/C45H48N4O/c50-28-33-27-40-43(31-17-9-3-10-18-31)38-24-23-36(47-38)41(29-13-5-1-6-14-29)34-21-22-35(46-34)42(30-15-7-2-8-16-30)37-25-26-39(48-37)44(45(33)49-40)32-19-11-4-12-20-32/h1-22,27-28,34-49H,23-26H2. The molecule has 4 N–H and O–H groups in total. The lowest BCUT2D eigenvalue weighted by Gasteiger charge is -2.38. The fourth-order valence-corrected chi connectivity index (χ4v) is 10.5. The maximum Gasteiger partial charge on any atom is 0.147 e. The molecule has 9 rings (SSSR count). The highest BCUT2D eigenvalue weighted by atomic mass is 16.1. The number of hydrogen-bond donors (Lipinski definition) is 4. The van der Waals surface area contributed by atoms with Crippen LogP contribution in [0.1, 0.15) is 71.6 Å². The molecule has 254 valence electrons. The highest BCUT2D eigenvalue weighted by molar-refractivity contribution is 5.77. The van der Waals surface area contributed by atoms with Crippen LogP contribution < -0.4 is 21.3 Å². The second-order valence-electron chi connectivity index (χ2n) is 15.2. The molecule has 5 aliphatic heterocycles. The Hall–Kier alpha value is -4.13. The van der Waals surface area contributed by atoms with Crippen molar-refractivity contribution in [1.82, 2.24) is 21.3 Å². The molecule has 0 aromatic heterocycles. The molecule has 3 saturated heterocycles. The van der Waals surface area contributed by atoms with Crippen molar-refractivity contribution >= 4 is 6.29 Å². The van der Waals surface area contributed by atoms with E-state index in [4.69, 9.17) is 0 Å². The minimum atomic E-state index is -0.0754. The van der Waals surface area contributed by atoms with E-state index in [1.165, 1.54) is 22.3 Å². The first-order valence-corrected chi connectivity index (χ1v) is 18.8. The normalized spacial score (nSPS) is 36.3. The molecule has 5 aliphatic rings. The summed E-state index contributed by atoms with van der Waals surface area (Å²) in [5.41, 5.74) is 6.25. The highest BCUT2D eigenvalue weighted by Crippen LogP contribution is 2.44. The van der Waals surface area contributed by atoms with E-state index < -0.39 is 0 Å². The first kappa shape index (κ1) is 31.8. The van der Waals surface area contributed by atoms with Crippen molar-refractivity contribution in [3.63, 3.8) is 0 Å². The van der Waals surface area contributed by atoms with Gasteiger partial charge in [-0.3, -0.25) is 4.79 Å². The minimum absolute atomic E-state index is 0.0382. The van der Waals surface area contributed by atoms with Crippen molar-refractivity contribution in [2.24, 2.45) is 0 Å². The molecule has 12 unspecified atom stereocenters. The number of carbonyl (C=O) groups is 1. The van der Waals surface area contributed by atoms with Crippen molar-refractivity contribution in [3.05, 3.63) is 167 Å². The maximum absolute atomic E-state index is 13.0. The number of rotatable bonds is 5. The van der Waals surface area contributed by atoms with Crippen molar-refractivity contribution in [2.45, 2.75) is 97.7 Å². The van der Waals surface area contributed by atoms with Crippen LogP contribution in [0, 0.1) is 0 Å². The predicted octanol–water partition coefficient (Wildman–Crippen LogP) is 6.74. The summed E-state index contributed by atoms with van der Waals surface area (Å²) in [5, 5.41) is 16.8. The summed E-state index contributed by atoms with van der Waals surface area (Å²) >= 11 is 0. The van der Waals surface area contributed by atoms with Gasteiger partial charge in [-0.15, -0.1) is 0 Å². The van der Waals surface area contributed by atoms with Gasteiger partial charge in [-0.25, -0.2) is 0 Å². The molecule has 0 spiro atoms. The molecule has 3 fully saturated rings. The molecular weight excluding hydrogens is 613 g/mol. The number of nitrogens with one attached hydrogen (secondary N) is 4. The molecule has 0 aliphatic carbocycles. The summed E-state index contributed by atoms with van der Waals surface area (Å²) in [4.78, 5) is 13.0. The lowest BCUT2D eigenvalue weighted by atomic mass is 9.82. The average molecular weight is 661 g/mol. The van der Waals surface area contributed by atoms with Crippen molar-refractivity contribution in [1.29, 1.82) is 0 Å².